The van der Waals surface area contributed by atoms with E-state index >= 15 is 0 Å². The molecule has 0 aliphatic heterocycles. The highest BCUT2D eigenvalue weighted by molar-refractivity contribution is 7.98. The van der Waals surface area contributed by atoms with Crippen LogP contribution in [0.1, 0.15) is 24.1 Å². The maximum atomic E-state index is 4.24. The largest absolute Gasteiger partial charge is 0.310 e. The van der Waals surface area contributed by atoms with Gasteiger partial charge >= 0.3 is 0 Å². The molecule has 0 saturated heterocycles. The van der Waals surface area contributed by atoms with Crippen LogP contribution in [0.2, 0.25) is 0 Å². The number of aryl methyl sites for hydroxylation is 1. The van der Waals surface area contributed by atoms with Crippen molar-refractivity contribution in [2.45, 2.75) is 24.3 Å². The highest BCUT2D eigenvalue weighted by atomic mass is 32.2. The number of hydrogen-bond acceptors (Lipinski definition) is 3. The van der Waals surface area contributed by atoms with Crippen LogP contribution < -0.4 is 5.32 Å². The molecule has 0 amide bonds. The van der Waals surface area contributed by atoms with Gasteiger partial charge in [0.05, 0.1) is 6.20 Å². The SMILES string of the molecule is CCNC(Cc1cnn(C)c1)c1ccc(SC)cc1. The Morgan fingerprint density at radius 2 is 2.05 bits per heavy atom. The molecule has 1 aromatic carbocycles. The first kappa shape index (κ1) is 14.2. The standard InChI is InChI=1S/C15H21N3S/c1-4-16-15(9-12-10-17-18(2)11-12)13-5-7-14(19-3)8-6-13/h5-8,10-11,15-16H,4,9H2,1-3H3. The number of nitrogens with zero attached hydrogens (tertiary/aromatic N) is 2. The fourth-order valence-electron chi connectivity index (χ4n) is 2.20. The molecule has 19 heavy (non-hydrogen) atoms. The van der Waals surface area contributed by atoms with Crippen LogP contribution in [0, 0.1) is 0 Å². The highest BCUT2D eigenvalue weighted by Gasteiger charge is 2.12. The summed E-state index contributed by atoms with van der Waals surface area (Å²) < 4.78 is 1.86. The lowest BCUT2D eigenvalue weighted by Gasteiger charge is -2.18. The molecule has 1 atom stereocenters. The van der Waals surface area contributed by atoms with Gasteiger partial charge < -0.3 is 5.32 Å². The van der Waals surface area contributed by atoms with Crippen LogP contribution in [0.5, 0.6) is 0 Å². The molecule has 1 unspecified atom stereocenters. The Hall–Kier alpha value is -1.26. The summed E-state index contributed by atoms with van der Waals surface area (Å²) >= 11 is 1.78. The molecule has 0 fully saturated rings. The second-order valence-electron chi connectivity index (χ2n) is 4.61. The van der Waals surface area contributed by atoms with Crippen molar-refractivity contribution < 1.29 is 0 Å². The van der Waals surface area contributed by atoms with Crippen molar-refractivity contribution in [2.24, 2.45) is 7.05 Å². The summed E-state index contributed by atoms with van der Waals surface area (Å²) in [6, 6.07) is 9.16. The van der Waals surface area contributed by atoms with E-state index in [1.807, 2.05) is 17.9 Å². The van der Waals surface area contributed by atoms with Gasteiger partial charge in [-0.2, -0.15) is 5.10 Å². The average molecular weight is 275 g/mol. The smallest absolute Gasteiger partial charge is 0.0522 e. The van der Waals surface area contributed by atoms with E-state index < -0.39 is 0 Å². The molecule has 2 rings (SSSR count). The minimum atomic E-state index is 0.352. The molecular formula is C15H21N3S. The average Bonchev–Trinajstić information content (AvgIpc) is 2.84. The number of nitrogens with one attached hydrogen (secondary N) is 1. The Bertz CT molecular complexity index is 504. The Balaban J connectivity index is 2.13. The maximum Gasteiger partial charge on any atom is 0.0522 e. The third-order valence-electron chi connectivity index (χ3n) is 3.17. The van der Waals surface area contributed by atoms with Crippen LogP contribution >= 0.6 is 11.8 Å². The molecule has 0 spiro atoms. The molecule has 102 valence electrons. The van der Waals surface area contributed by atoms with E-state index in [-0.39, 0.29) is 0 Å². The second kappa shape index (κ2) is 6.78. The molecule has 3 nitrogen and oxygen atoms in total. The number of aromatic nitrogens is 2. The summed E-state index contributed by atoms with van der Waals surface area (Å²) in [5.74, 6) is 0. The first-order chi connectivity index (χ1) is 9.22. The van der Waals surface area contributed by atoms with Gasteiger partial charge in [-0.15, -0.1) is 11.8 Å². The number of rotatable bonds is 6. The van der Waals surface area contributed by atoms with Gasteiger partial charge in [0.1, 0.15) is 0 Å². The quantitative estimate of drug-likeness (QED) is 0.822. The van der Waals surface area contributed by atoms with Crippen LogP contribution in [0.25, 0.3) is 0 Å². The summed E-state index contributed by atoms with van der Waals surface area (Å²) in [7, 11) is 1.96. The summed E-state index contributed by atoms with van der Waals surface area (Å²) in [5.41, 5.74) is 2.60. The van der Waals surface area contributed by atoms with Gasteiger partial charge in [-0.05, 0) is 42.5 Å². The van der Waals surface area contributed by atoms with E-state index in [0.717, 1.165) is 13.0 Å². The first-order valence-corrected chi connectivity index (χ1v) is 7.80. The topological polar surface area (TPSA) is 29.9 Å². The summed E-state index contributed by atoms with van der Waals surface area (Å²) in [4.78, 5) is 1.31. The van der Waals surface area contributed by atoms with Crippen molar-refractivity contribution in [3.63, 3.8) is 0 Å². The molecule has 0 aliphatic carbocycles. The fraction of sp³-hybridized carbons (Fsp3) is 0.400. The molecule has 0 radical (unpaired) electrons. The monoisotopic (exact) mass is 275 g/mol. The lowest BCUT2D eigenvalue weighted by atomic mass is 10.0. The highest BCUT2D eigenvalue weighted by Crippen LogP contribution is 2.21. The summed E-state index contributed by atoms with van der Waals surface area (Å²) in [6.45, 7) is 3.11. The Labute approximate surface area is 119 Å². The zero-order chi connectivity index (χ0) is 13.7. The van der Waals surface area contributed by atoms with E-state index in [4.69, 9.17) is 0 Å². The molecular weight excluding hydrogens is 254 g/mol. The van der Waals surface area contributed by atoms with Gasteiger partial charge in [-0.1, -0.05) is 19.1 Å². The van der Waals surface area contributed by atoms with Crippen LogP contribution in [-0.2, 0) is 13.5 Å². The van der Waals surface area contributed by atoms with Gasteiger partial charge in [0.15, 0.2) is 0 Å². The van der Waals surface area contributed by atoms with Gasteiger partial charge in [0.2, 0.25) is 0 Å². The van der Waals surface area contributed by atoms with Crippen molar-refractivity contribution in [1.29, 1.82) is 0 Å². The van der Waals surface area contributed by atoms with E-state index in [1.165, 1.54) is 16.0 Å². The zero-order valence-corrected chi connectivity index (χ0v) is 12.6. The third-order valence-corrected chi connectivity index (χ3v) is 3.91. The van der Waals surface area contributed by atoms with Crippen molar-refractivity contribution in [3.05, 3.63) is 47.8 Å². The molecule has 1 N–H and O–H groups in total. The lowest BCUT2D eigenvalue weighted by Crippen LogP contribution is -2.22. The van der Waals surface area contributed by atoms with Crippen LogP contribution in [0.15, 0.2) is 41.6 Å². The van der Waals surface area contributed by atoms with Gasteiger partial charge in [-0.3, -0.25) is 4.68 Å². The van der Waals surface area contributed by atoms with Gasteiger partial charge in [0.25, 0.3) is 0 Å². The predicted octanol–water partition coefficient (Wildman–Crippen LogP) is 3.04. The minimum absolute atomic E-state index is 0.352. The van der Waals surface area contributed by atoms with Crippen LogP contribution in [0.4, 0.5) is 0 Å². The van der Waals surface area contributed by atoms with E-state index in [0.29, 0.717) is 6.04 Å². The fourth-order valence-corrected chi connectivity index (χ4v) is 2.61. The number of thioether (sulfide) groups is 1. The normalized spacial score (nSPS) is 12.6. The maximum absolute atomic E-state index is 4.24. The Kier molecular flexibility index (Phi) is 5.05. The molecule has 4 heteroatoms. The van der Waals surface area contributed by atoms with Gasteiger partial charge in [-0.25, -0.2) is 0 Å². The predicted molar refractivity (Wildman–Crippen MR) is 81.6 cm³/mol. The molecule has 2 aromatic rings. The number of likely N-dealkylation sites (N-methyl/N-ethyl adjacent to an activating group) is 1. The van der Waals surface area contributed by atoms with Crippen molar-refractivity contribution in [2.75, 3.05) is 12.8 Å². The molecule has 1 heterocycles. The van der Waals surface area contributed by atoms with E-state index in [9.17, 15) is 0 Å². The minimum Gasteiger partial charge on any atom is -0.310 e. The Morgan fingerprint density at radius 3 is 2.58 bits per heavy atom. The first-order valence-electron chi connectivity index (χ1n) is 6.57. The van der Waals surface area contributed by atoms with Gasteiger partial charge in [0, 0.05) is 24.2 Å². The number of hydrogen-bond donors (Lipinski definition) is 1. The van der Waals surface area contributed by atoms with Crippen molar-refractivity contribution >= 4 is 11.8 Å². The molecule has 0 aliphatic rings. The Morgan fingerprint density at radius 1 is 1.32 bits per heavy atom. The van der Waals surface area contributed by atoms with Crippen molar-refractivity contribution in [1.82, 2.24) is 15.1 Å². The van der Waals surface area contributed by atoms with Crippen LogP contribution in [-0.4, -0.2) is 22.6 Å². The van der Waals surface area contributed by atoms with Crippen LogP contribution in [0.3, 0.4) is 0 Å². The molecule has 0 saturated carbocycles. The van der Waals surface area contributed by atoms with E-state index in [1.54, 1.807) is 11.8 Å². The van der Waals surface area contributed by atoms with Crippen molar-refractivity contribution in [3.8, 4) is 0 Å². The molecule has 0 bridgehead atoms. The third kappa shape index (κ3) is 3.85. The summed E-state index contributed by atoms with van der Waals surface area (Å²) in [5, 5.41) is 7.79. The zero-order valence-electron chi connectivity index (χ0n) is 11.8. The number of benzene rings is 1. The lowest BCUT2D eigenvalue weighted by molar-refractivity contribution is 0.549. The second-order valence-corrected chi connectivity index (χ2v) is 5.49. The van der Waals surface area contributed by atoms with E-state index in [2.05, 4.69) is 54.1 Å². The molecule has 1 aromatic heterocycles. The summed E-state index contributed by atoms with van der Waals surface area (Å²) in [6.07, 6.45) is 7.11.